The summed E-state index contributed by atoms with van der Waals surface area (Å²) in [6.45, 7) is 1.65. The van der Waals surface area contributed by atoms with Crippen molar-refractivity contribution in [3.05, 3.63) is 59.0 Å². The second-order valence-corrected chi connectivity index (χ2v) is 8.51. The number of nitrogens with one attached hydrogen (secondary N) is 1. The molecule has 9 nitrogen and oxygen atoms in total. The fourth-order valence-corrected chi connectivity index (χ4v) is 4.81. The van der Waals surface area contributed by atoms with Crippen molar-refractivity contribution in [2.75, 3.05) is 12.4 Å². The molecule has 166 valence electrons. The Morgan fingerprint density at radius 1 is 1.30 bits per heavy atom. The number of fused-ring (bicyclic) bond motifs is 3. The smallest absolute Gasteiger partial charge is 0.337 e. The molecule has 5 rings (SSSR count). The van der Waals surface area contributed by atoms with Gasteiger partial charge in [0.05, 0.1) is 28.3 Å². The number of anilines is 1. The van der Waals surface area contributed by atoms with Gasteiger partial charge in [-0.25, -0.2) is 14.5 Å². The van der Waals surface area contributed by atoms with Gasteiger partial charge in [0.15, 0.2) is 10.9 Å². The van der Waals surface area contributed by atoms with Crippen LogP contribution in [0.4, 0.5) is 5.13 Å². The molecule has 0 bridgehead atoms. The van der Waals surface area contributed by atoms with E-state index in [4.69, 9.17) is 26.2 Å². The Balaban J connectivity index is 1.73. The molecule has 0 radical (unpaired) electrons. The van der Waals surface area contributed by atoms with E-state index in [0.29, 0.717) is 44.2 Å². The number of aromatic nitrogens is 4. The Kier molecular flexibility index (Phi) is 5.31. The lowest BCUT2D eigenvalue weighted by Gasteiger charge is -2.16. The van der Waals surface area contributed by atoms with Crippen LogP contribution < -0.4 is 10.1 Å². The molecule has 1 aliphatic heterocycles. The molecule has 4 aromatic rings. The lowest BCUT2D eigenvalue weighted by molar-refractivity contribution is -0.114. The van der Waals surface area contributed by atoms with E-state index in [1.807, 2.05) is 12.1 Å². The molecule has 33 heavy (non-hydrogen) atoms. The number of pyridine rings is 1. The van der Waals surface area contributed by atoms with Crippen molar-refractivity contribution in [3.8, 4) is 33.3 Å². The Morgan fingerprint density at radius 2 is 2.15 bits per heavy atom. The van der Waals surface area contributed by atoms with Crippen molar-refractivity contribution in [2.45, 2.75) is 13.5 Å². The zero-order chi connectivity index (χ0) is 23.1. The number of esters is 1. The number of hydrogen-bond donors (Lipinski definition) is 1. The molecule has 4 heterocycles. The van der Waals surface area contributed by atoms with Crippen LogP contribution in [-0.2, 0) is 16.1 Å². The van der Waals surface area contributed by atoms with Gasteiger partial charge in [-0.2, -0.15) is 5.10 Å². The Bertz CT molecular complexity index is 1400. The topological polar surface area (TPSA) is 108 Å². The van der Waals surface area contributed by atoms with Crippen LogP contribution in [-0.4, -0.2) is 38.7 Å². The summed E-state index contributed by atoms with van der Waals surface area (Å²) >= 11 is 7.90. The van der Waals surface area contributed by atoms with E-state index in [1.165, 1.54) is 31.4 Å². The summed E-state index contributed by atoms with van der Waals surface area (Å²) in [6, 6.07) is 8.54. The minimum Gasteiger partial charge on any atom is -0.483 e. The SMILES string of the molecule is COC(=O)c1ccc(-n2nc(-c3cccnc3)c3c2-c2sc(NC(C)=O)nc2CO3)c(Cl)c1. The number of amides is 1. The van der Waals surface area contributed by atoms with Gasteiger partial charge in [-0.05, 0) is 30.3 Å². The molecule has 11 heteroatoms. The second kappa shape index (κ2) is 8.30. The van der Waals surface area contributed by atoms with Gasteiger partial charge >= 0.3 is 5.97 Å². The average molecular weight is 482 g/mol. The molecular formula is C22H16ClN5O4S. The molecule has 0 atom stereocenters. The highest BCUT2D eigenvalue weighted by Crippen LogP contribution is 2.48. The van der Waals surface area contributed by atoms with E-state index in [-0.39, 0.29) is 12.5 Å². The van der Waals surface area contributed by atoms with Crippen molar-refractivity contribution < 1.29 is 19.1 Å². The molecular weight excluding hydrogens is 466 g/mol. The quantitative estimate of drug-likeness (QED) is 0.431. The summed E-state index contributed by atoms with van der Waals surface area (Å²) in [5.74, 6) is -0.148. The number of benzene rings is 1. The maximum Gasteiger partial charge on any atom is 0.337 e. The summed E-state index contributed by atoms with van der Waals surface area (Å²) in [6.07, 6.45) is 3.38. The van der Waals surface area contributed by atoms with Gasteiger partial charge in [-0.15, -0.1) is 0 Å². The monoisotopic (exact) mass is 481 g/mol. The van der Waals surface area contributed by atoms with Crippen LogP contribution in [0.2, 0.25) is 5.02 Å². The lowest BCUT2D eigenvalue weighted by atomic mass is 10.1. The molecule has 0 saturated heterocycles. The van der Waals surface area contributed by atoms with Crippen LogP contribution in [0.3, 0.4) is 0 Å². The second-order valence-electron chi connectivity index (χ2n) is 7.10. The molecule has 0 spiro atoms. The van der Waals surface area contributed by atoms with Crippen LogP contribution in [0.15, 0.2) is 42.7 Å². The standard InChI is InChI=1S/C22H16ClN5O4S/c1-11(29)25-22-26-15-10-32-19-17(13-4-3-7-24-9-13)27-28(18(19)20(15)33-22)16-6-5-12(8-14(16)23)21(30)31-2/h3-9H,10H2,1-2H3,(H,25,26,29). The zero-order valence-corrected chi connectivity index (χ0v) is 19.0. The predicted molar refractivity (Wildman–Crippen MR) is 123 cm³/mol. The van der Waals surface area contributed by atoms with Gasteiger partial charge in [0.25, 0.3) is 0 Å². The van der Waals surface area contributed by atoms with Crippen LogP contribution in [0.1, 0.15) is 23.0 Å². The fourth-order valence-electron chi connectivity index (χ4n) is 3.51. The summed E-state index contributed by atoms with van der Waals surface area (Å²) < 4.78 is 12.5. The highest BCUT2D eigenvalue weighted by atomic mass is 35.5. The number of thiazole rings is 1. The van der Waals surface area contributed by atoms with Crippen molar-refractivity contribution in [1.82, 2.24) is 19.7 Å². The lowest BCUT2D eigenvalue weighted by Crippen LogP contribution is -2.08. The molecule has 1 amide bonds. The minimum absolute atomic E-state index is 0.215. The molecule has 1 aromatic carbocycles. The van der Waals surface area contributed by atoms with Crippen molar-refractivity contribution in [2.24, 2.45) is 0 Å². The first-order chi connectivity index (χ1) is 16.0. The summed E-state index contributed by atoms with van der Waals surface area (Å²) in [4.78, 5) is 33.0. The van der Waals surface area contributed by atoms with Crippen LogP contribution in [0.25, 0.3) is 27.5 Å². The largest absolute Gasteiger partial charge is 0.483 e. The summed E-state index contributed by atoms with van der Waals surface area (Å²) in [7, 11) is 1.31. The number of ether oxygens (including phenoxy) is 2. The first-order valence-electron chi connectivity index (χ1n) is 9.78. The van der Waals surface area contributed by atoms with Gasteiger partial charge in [-0.1, -0.05) is 22.9 Å². The number of hydrogen-bond acceptors (Lipinski definition) is 8. The molecule has 0 saturated carbocycles. The first kappa shape index (κ1) is 21.1. The number of carbonyl (C=O) groups excluding carboxylic acids is 2. The van der Waals surface area contributed by atoms with E-state index < -0.39 is 5.97 Å². The third kappa shape index (κ3) is 3.73. The van der Waals surface area contributed by atoms with E-state index in [9.17, 15) is 9.59 Å². The van der Waals surface area contributed by atoms with E-state index >= 15 is 0 Å². The van der Waals surface area contributed by atoms with Crippen LogP contribution >= 0.6 is 22.9 Å². The molecule has 1 aliphatic rings. The number of rotatable bonds is 4. The average Bonchev–Trinajstić information content (AvgIpc) is 3.39. The maximum atomic E-state index is 11.9. The highest BCUT2D eigenvalue weighted by Gasteiger charge is 2.32. The number of nitrogens with zero attached hydrogens (tertiary/aromatic N) is 4. The molecule has 0 fully saturated rings. The predicted octanol–water partition coefficient (Wildman–Crippen LogP) is 4.35. The Labute approximate surface area is 197 Å². The van der Waals surface area contributed by atoms with Crippen LogP contribution in [0, 0.1) is 0 Å². The zero-order valence-electron chi connectivity index (χ0n) is 17.5. The first-order valence-corrected chi connectivity index (χ1v) is 11.0. The van der Waals surface area contributed by atoms with Crippen molar-refractivity contribution in [3.63, 3.8) is 0 Å². The minimum atomic E-state index is -0.491. The molecule has 1 N–H and O–H groups in total. The molecule has 3 aromatic heterocycles. The maximum absolute atomic E-state index is 11.9. The fraction of sp³-hybridized carbons (Fsp3) is 0.136. The van der Waals surface area contributed by atoms with E-state index in [0.717, 1.165) is 10.4 Å². The van der Waals surface area contributed by atoms with Crippen LogP contribution in [0.5, 0.6) is 5.75 Å². The van der Waals surface area contributed by atoms with Gasteiger partial charge in [0.2, 0.25) is 5.91 Å². The highest BCUT2D eigenvalue weighted by molar-refractivity contribution is 7.19. The number of halogens is 1. The third-order valence-corrected chi connectivity index (χ3v) is 6.25. The molecule has 0 aliphatic carbocycles. The summed E-state index contributed by atoms with van der Waals surface area (Å²) in [5, 5.41) is 8.29. The Hall–Kier alpha value is -3.76. The van der Waals surface area contributed by atoms with Crippen molar-refractivity contribution >= 4 is 39.9 Å². The number of carbonyl (C=O) groups is 2. The van der Waals surface area contributed by atoms with Gasteiger partial charge in [0, 0.05) is 24.9 Å². The van der Waals surface area contributed by atoms with E-state index in [1.54, 1.807) is 29.2 Å². The third-order valence-electron chi connectivity index (χ3n) is 4.92. The van der Waals surface area contributed by atoms with E-state index in [2.05, 4.69) is 15.3 Å². The normalized spacial score (nSPS) is 11.8. The van der Waals surface area contributed by atoms with Gasteiger partial charge in [-0.3, -0.25) is 9.78 Å². The van der Waals surface area contributed by atoms with Crippen molar-refractivity contribution in [1.29, 1.82) is 0 Å². The summed E-state index contributed by atoms with van der Waals surface area (Å²) in [5.41, 5.74) is 3.55. The Morgan fingerprint density at radius 3 is 2.85 bits per heavy atom. The number of methoxy groups -OCH3 is 1. The van der Waals surface area contributed by atoms with Gasteiger partial charge < -0.3 is 14.8 Å². The van der Waals surface area contributed by atoms with Gasteiger partial charge in [0.1, 0.15) is 23.7 Å². The molecule has 0 unspecified atom stereocenters.